The molecule has 0 aliphatic rings. The van der Waals surface area contributed by atoms with Gasteiger partial charge in [0, 0.05) is 26.1 Å². The molecule has 0 atom stereocenters. The van der Waals surface area contributed by atoms with E-state index in [1.807, 2.05) is 0 Å². The number of hydrogen-bond donors (Lipinski definition) is 2. The third-order valence-electron chi connectivity index (χ3n) is 2.04. The molecule has 0 aliphatic heterocycles. The fourth-order valence-electron chi connectivity index (χ4n) is 1.16. The van der Waals surface area contributed by atoms with E-state index in [-0.39, 0.29) is 17.2 Å². The van der Waals surface area contributed by atoms with E-state index in [2.05, 4.69) is 4.98 Å². The summed E-state index contributed by atoms with van der Waals surface area (Å²) in [6.45, 7) is 0.436. The average Bonchev–Trinajstić information content (AvgIpc) is 2.24. The summed E-state index contributed by atoms with van der Waals surface area (Å²) in [6.07, 6.45) is 0.467. The standard InChI is InChI=1S/C10H13N3O2S/c1-13(6-5-8(11)16)10(15)7-3-2-4-9(14)12-7/h2-4H,5-6H2,1H3,(H2,11,16)(H,12,14). The zero-order valence-corrected chi connectivity index (χ0v) is 9.71. The van der Waals surface area contributed by atoms with Crippen molar-refractivity contribution in [2.75, 3.05) is 13.6 Å². The number of nitrogens with one attached hydrogen (secondary N) is 1. The van der Waals surface area contributed by atoms with Crippen molar-refractivity contribution in [1.29, 1.82) is 0 Å². The maximum absolute atomic E-state index is 11.8. The van der Waals surface area contributed by atoms with E-state index in [0.29, 0.717) is 18.0 Å². The zero-order valence-electron chi connectivity index (χ0n) is 8.90. The number of pyridine rings is 1. The second-order valence-corrected chi connectivity index (χ2v) is 3.90. The molecular formula is C10H13N3O2S. The molecule has 3 N–H and O–H groups in total. The van der Waals surface area contributed by atoms with Gasteiger partial charge in [-0.25, -0.2) is 0 Å². The van der Waals surface area contributed by atoms with Crippen LogP contribution in [-0.2, 0) is 0 Å². The molecule has 86 valence electrons. The minimum atomic E-state index is -0.298. The fraction of sp³-hybridized carbons (Fsp3) is 0.300. The zero-order chi connectivity index (χ0) is 12.1. The van der Waals surface area contributed by atoms with E-state index in [4.69, 9.17) is 18.0 Å². The maximum Gasteiger partial charge on any atom is 0.270 e. The van der Waals surface area contributed by atoms with Crippen molar-refractivity contribution in [3.63, 3.8) is 0 Å². The molecule has 0 spiro atoms. The Hall–Kier alpha value is -1.69. The predicted octanol–water partition coefficient (Wildman–Crippen LogP) is 0.123. The molecule has 0 saturated heterocycles. The summed E-state index contributed by atoms with van der Waals surface area (Å²) >= 11 is 4.72. The Morgan fingerprint density at radius 3 is 2.81 bits per heavy atom. The largest absolute Gasteiger partial charge is 0.393 e. The molecule has 1 heterocycles. The number of nitrogens with two attached hydrogens (primary N) is 1. The molecule has 0 aliphatic carbocycles. The summed E-state index contributed by atoms with van der Waals surface area (Å²) in [5.74, 6) is -0.256. The normalized spacial score (nSPS) is 9.81. The molecule has 0 radical (unpaired) electrons. The molecule has 1 rings (SSSR count). The number of carbonyl (C=O) groups excluding carboxylic acids is 1. The molecule has 0 saturated carbocycles. The number of aromatic amines is 1. The Bertz CT molecular complexity index is 455. The highest BCUT2D eigenvalue weighted by Crippen LogP contribution is 1.98. The number of H-pyrrole nitrogens is 1. The lowest BCUT2D eigenvalue weighted by atomic mass is 10.3. The fourth-order valence-corrected chi connectivity index (χ4v) is 1.25. The van der Waals surface area contributed by atoms with Crippen LogP contribution in [0.1, 0.15) is 16.9 Å². The first-order valence-electron chi connectivity index (χ1n) is 4.74. The molecule has 1 aromatic rings. The van der Waals surface area contributed by atoms with Crippen molar-refractivity contribution in [2.45, 2.75) is 6.42 Å². The van der Waals surface area contributed by atoms with Gasteiger partial charge >= 0.3 is 0 Å². The minimum Gasteiger partial charge on any atom is -0.393 e. The number of aromatic nitrogens is 1. The Labute approximate surface area is 98.3 Å². The summed E-state index contributed by atoms with van der Waals surface area (Å²) in [7, 11) is 1.63. The van der Waals surface area contributed by atoms with Gasteiger partial charge in [0.2, 0.25) is 5.56 Å². The van der Waals surface area contributed by atoms with Crippen LogP contribution in [0.2, 0.25) is 0 Å². The van der Waals surface area contributed by atoms with Crippen LogP contribution in [0.15, 0.2) is 23.0 Å². The van der Waals surface area contributed by atoms with E-state index in [0.717, 1.165) is 0 Å². The smallest absolute Gasteiger partial charge is 0.270 e. The van der Waals surface area contributed by atoms with Gasteiger partial charge in [-0.1, -0.05) is 18.3 Å². The molecule has 6 heteroatoms. The molecule has 0 bridgehead atoms. The number of thiocarbonyl (C=S) groups is 1. The van der Waals surface area contributed by atoms with Crippen molar-refractivity contribution in [3.05, 3.63) is 34.2 Å². The average molecular weight is 239 g/mol. The molecule has 1 aromatic heterocycles. The Morgan fingerprint density at radius 2 is 2.25 bits per heavy atom. The molecule has 16 heavy (non-hydrogen) atoms. The Kier molecular flexibility index (Phi) is 4.19. The lowest BCUT2D eigenvalue weighted by Gasteiger charge is -2.16. The topological polar surface area (TPSA) is 79.2 Å². The van der Waals surface area contributed by atoms with Crippen LogP contribution in [0.5, 0.6) is 0 Å². The summed E-state index contributed by atoms with van der Waals surface area (Å²) in [5.41, 5.74) is 5.30. The number of nitrogens with zero attached hydrogens (tertiary/aromatic N) is 1. The Morgan fingerprint density at radius 1 is 1.56 bits per heavy atom. The van der Waals surface area contributed by atoms with E-state index in [9.17, 15) is 9.59 Å². The quantitative estimate of drug-likeness (QED) is 0.732. The van der Waals surface area contributed by atoms with E-state index in [1.54, 1.807) is 13.1 Å². The SMILES string of the molecule is CN(CCC(N)=S)C(=O)c1cccc(=O)[nH]1. The third-order valence-corrected chi connectivity index (χ3v) is 2.24. The summed E-state index contributed by atoms with van der Waals surface area (Å²) in [5, 5.41) is 0. The van der Waals surface area contributed by atoms with Crippen molar-refractivity contribution in [2.24, 2.45) is 5.73 Å². The van der Waals surface area contributed by atoms with Crippen molar-refractivity contribution < 1.29 is 4.79 Å². The minimum absolute atomic E-state index is 0.256. The van der Waals surface area contributed by atoms with Crippen molar-refractivity contribution >= 4 is 23.1 Å². The van der Waals surface area contributed by atoms with Crippen LogP contribution in [0.25, 0.3) is 0 Å². The van der Waals surface area contributed by atoms with Crippen molar-refractivity contribution in [3.8, 4) is 0 Å². The van der Waals surface area contributed by atoms with Gasteiger partial charge < -0.3 is 15.6 Å². The second-order valence-electron chi connectivity index (χ2n) is 3.37. The molecule has 1 amide bonds. The highest BCUT2D eigenvalue weighted by Gasteiger charge is 2.11. The second kappa shape index (κ2) is 5.41. The number of hydrogen-bond acceptors (Lipinski definition) is 3. The van der Waals surface area contributed by atoms with Crippen LogP contribution in [0.3, 0.4) is 0 Å². The van der Waals surface area contributed by atoms with Gasteiger partial charge in [-0.15, -0.1) is 0 Å². The number of carbonyl (C=O) groups is 1. The van der Waals surface area contributed by atoms with Crippen LogP contribution < -0.4 is 11.3 Å². The first-order chi connectivity index (χ1) is 7.50. The van der Waals surface area contributed by atoms with Gasteiger partial charge in [-0.2, -0.15) is 0 Å². The van der Waals surface area contributed by atoms with Gasteiger partial charge in [0.1, 0.15) is 5.69 Å². The molecule has 0 aromatic carbocycles. The van der Waals surface area contributed by atoms with Gasteiger partial charge in [-0.05, 0) is 6.07 Å². The highest BCUT2D eigenvalue weighted by molar-refractivity contribution is 7.80. The van der Waals surface area contributed by atoms with Gasteiger partial charge in [-0.3, -0.25) is 9.59 Å². The van der Waals surface area contributed by atoms with Crippen LogP contribution in [0, 0.1) is 0 Å². The monoisotopic (exact) mass is 239 g/mol. The van der Waals surface area contributed by atoms with Gasteiger partial charge in [0.25, 0.3) is 5.91 Å². The van der Waals surface area contributed by atoms with E-state index < -0.39 is 0 Å². The molecule has 0 unspecified atom stereocenters. The van der Waals surface area contributed by atoms with Gasteiger partial charge in [0.05, 0.1) is 4.99 Å². The number of rotatable bonds is 4. The number of amides is 1. The molecule has 5 nitrogen and oxygen atoms in total. The molecular weight excluding hydrogens is 226 g/mol. The summed E-state index contributed by atoms with van der Waals surface area (Å²) < 4.78 is 0. The first kappa shape index (κ1) is 12.4. The van der Waals surface area contributed by atoms with E-state index >= 15 is 0 Å². The Balaban J connectivity index is 2.70. The van der Waals surface area contributed by atoms with E-state index in [1.165, 1.54) is 17.0 Å². The van der Waals surface area contributed by atoms with Crippen LogP contribution in [-0.4, -0.2) is 34.4 Å². The van der Waals surface area contributed by atoms with Crippen LogP contribution >= 0.6 is 12.2 Å². The lowest BCUT2D eigenvalue weighted by Crippen LogP contribution is -2.31. The third kappa shape index (κ3) is 3.47. The summed E-state index contributed by atoms with van der Waals surface area (Å²) in [4.78, 5) is 27.1. The van der Waals surface area contributed by atoms with Crippen molar-refractivity contribution in [1.82, 2.24) is 9.88 Å². The first-order valence-corrected chi connectivity index (χ1v) is 5.14. The predicted molar refractivity (Wildman–Crippen MR) is 65.4 cm³/mol. The molecule has 0 fully saturated rings. The lowest BCUT2D eigenvalue weighted by molar-refractivity contribution is 0.0793. The van der Waals surface area contributed by atoms with Gasteiger partial charge in [0.15, 0.2) is 0 Å². The maximum atomic E-state index is 11.8. The van der Waals surface area contributed by atoms with Crippen LogP contribution in [0.4, 0.5) is 0 Å². The summed E-state index contributed by atoms with van der Waals surface area (Å²) in [6, 6.07) is 4.44. The highest BCUT2D eigenvalue weighted by atomic mass is 32.1.